The summed E-state index contributed by atoms with van der Waals surface area (Å²) in [5, 5.41) is 12.1. The Bertz CT molecular complexity index is 3220. The van der Waals surface area contributed by atoms with Crippen LogP contribution in [0.3, 0.4) is 0 Å². The van der Waals surface area contributed by atoms with Crippen molar-refractivity contribution in [2.75, 3.05) is 0 Å². The minimum absolute atomic E-state index is 0.635. The average molecular weight is 675 g/mol. The van der Waals surface area contributed by atoms with Crippen LogP contribution >= 0.6 is 0 Å². The highest BCUT2D eigenvalue weighted by atomic mass is 15.0. The van der Waals surface area contributed by atoms with Crippen LogP contribution in [0.15, 0.2) is 182 Å². The molecule has 0 saturated heterocycles. The molecule has 0 radical (unpaired) electrons. The van der Waals surface area contributed by atoms with Gasteiger partial charge in [-0.3, -0.25) is 0 Å². The van der Waals surface area contributed by atoms with Crippen molar-refractivity contribution in [3.8, 4) is 39.9 Å². The molecule has 53 heavy (non-hydrogen) atoms. The minimum atomic E-state index is 0.635. The lowest BCUT2D eigenvalue weighted by Crippen LogP contribution is -2.01. The van der Waals surface area contributed by atoms with Gasteiger partial charge in [-0.25, -0.2) is 15.0 Å². The molecule has 0 aliphatic heterocycles. The number of para-hydroxylation sites is 1. The van der Waals surface area contributed by atoms with E-state index in [1.807, 2.05) is 18.2 Å². The lowest BCUT2D eigenvalue weighted by Gasteiger charge is -2.14. The van der Waals surface area contributed by atoms with Gasteiger partial charge in [-0.2, -0.15) is 0 Å². The molecule has 0 spiro atoms. The number of hydrogen-bond acceptors (Lipinski definition) is 3. The molecule has 0 aliphatic rings. The van der Waals surface area contributed by atoms with Crippen LogP contribution in [0.25, 0.3) is 105 Å². The molecular weight excluding hydrogens is 645 g/mol. The fourth-order valence-corrected chi connectivity index (χ4v) is 8.16. The van der Waals surface area contributed by atoms with Crippen molar-refractivity contribution in [1.82, 2.24) is 19.5 Å². The molecule has 0 unspecified atom stereocenters. The molecule has 0 fully saturated rings. The maximum atomic E-state index is 5.23. The molecule has 0 saturated carbocycles. The summed E-state index contributed by atoms with van der Waals surface area (Å²) in [5.41, 5.74) is 6.30. The van der Waals surface area contributed by atoms with E-state index in [1.165, 1.54) is 59.5 Å². The zero-order valence-electron chi connectivity index (χ0n) is 28.6. The molecule has 2 aromatic heterocycles. The van der Waals surface area contributed by atoms with Crippen molar-refractivity contribution >= 4 is 64.9 Å². The predicted molar refractivity (Wildman–Crippen MR) is 220 cm³/mol. The maximum Gasteiger partial charge on any atom is 0.164 e. The molecule has 11 aromatic rings. The second-order valence-corrected chi connectivity index (χ2v) is 13.6. The van der Waals surface area contributed by atoms with Gasteiger partial charge in [0.15, 0.2) is 17.5 Å². The summed E-state index contributed by atoms with van der Waals surface area (Å²) in [6.07, 6.45) is 0. The molecule has 11 rings (SSSR count). The van der Waals surface area contributed by atoms with Crippen LogP contribution in [0.4, 0.5) is 0 Å². The zero-order chi connectivity index (χ0) is 34.9. The van der Waals surface area contributed by atoms with Crippen molar-refractivity contribution in [3.05, 3.63) is 182 Å². The summed E-state index contributed by atoms with van der Waals surface area (Å²) >= 11 is 0. The molecule has 0 amide bonds. The van der Waals surface area contributed by atoms with Crippen molar-refractivity contribution in [3.63, 3.8) is 0 Å². The molecule has 4 heteroatoms. The van der Waals surface area contributed by atoms with Gasteiger partial charge in [-0.1, -0.05) is 140 Å². The summed E-state index contributed by atoms with van der Waals surface area (Å²) in [6, 6.07) is 64.5. The summed E-state index contributed by atoms with van der Waals surface area (Å²) in [7, 11) is 0. The second-order valence-electron chi connectivity index (χ2n) is 13.6. The first kappa shape index (κ1) is 29.5. The van der Waals surface area contributed by atoms with Crippen molar-refractivity contribution in [2.45, 2.75) is 0 Å². The Morgan fingerprint density at radius 3 is 1.64 bits per heavy atom. The predicted octanol–water partition coefficient (Wildman–Crippen LogP) is 12.6. The van der Waals surface area contributed by atoms with Gasteiger partial charge in [0.25, 0.3) is 0 Å². The number of nitrogens with zero attached hydrogens (tertiary/aromatic N) is 4. The highest BCUT2D eigenvalue weighted by Crippen LogP contribution is 2.39. The first-order chi connectivity index (χ1) is 26.3. The van der Waals surface area contributed by atoms with Crippen LogP contribution in [-0.2, 0) is 0 Å². The first-order valence-corrected chi connectivity index (χ1v) is 18.0. The highest BCUT2D eigenvalue weighted by molar-refractivity contribution is 6.22. The van der Waals surface area contributed by atoms with Crippen LogP contribution < -0.4 is 0 Å². The van der Waals surface area contributed by atoms with Crippen molar-refractivity contribution < 1.29 is 0 Å². The van der Waals surface area contributed by atoms with E-state index in [9.17, 15) is 0 Å². The average Bonchev–Trinajstić information content (AvgIpc) is 3.58. The Balaban J connectivity index is 1.12. The molecule has 9 aromatic carbocycles. The van der Waals surface area contributed by atoms with Gasteiger partial charge in [-0.15, -0.1) is 0 Å². The Morgan fingerprint density at radius 1 is 0.321 bits per heavy atom. The molecule has 246 valence electrons. The van der Waals surface area contributed by atoms with E-state index in [0.717, 1.165) is 27.8 Å². The van der Waals surface area contributed by atoms with E-state index >= 15 is 0 Å². The van der Waals surface area contributed by atoms with E-state index in [1.54, 1.807) is 0 Å². The lowest BCUT2D eigenvalue weighted by atomic mass is 9.93. The molecule has 4 nitrogen and oxygen atoms in total. The van der Waals surface area contributed by atoms with E-state index < -0.39 is 0 Å². The van der Waals surface area contributed by atoms with Gasteiger partial charge in [0.05, 0.1) is 11.0 Å². The number of hydrogen-bond donors (Lipinski definition) is 0. The monoisotopic (exact) mass is 674 g/mol. The van der Waals surface area contributed by atoms with Gasteiger partial charge in [0.1, 0.15) is 0 Å². The van der Waals surface area contributed by atoms with Crippen LogP contribution in [-0.4, -0.2) is 19.5 Å². The third-order valence-electron chi connectivity index (χ3n) is 10.6. The summed E-state index contributed by atoms with van der Waals surface area (Å²) in [4.78, 5) is 15.5. The van der Waals surface area contributed by atoms with Gasteiger partial charge in [0, 0.05) is 33.2 Å². The third-order valence-corrected chi connectivity index (χ3v) is 10.6. The van der Waals surface area contributed by atoms with Gasteiger partial charge in [0.2, 0.25) is 0 Å². The van der Waals surface area contributed by atoms with Gasteiger partial charge >= 0.3 is 0 Å². The van der Waals surface area contributed by atoms with E-state index in [0.29, 0.717) is 17.5 Å². The fraction of sp³-hybridized carbons (Fsp3) is 0. The van der Waals surface area contributed by atoms with Crippen LogP contribution in [0.2, 0.25) is 0 Å². The number of aromatic nitrogens is 4. The zero-order valence-corrected chi connectivity index (χ0v) is 28.6. The largest absolute Gasteiger partial charge is 0.309 e. The molecule has 2 heterocycles. The summed E-state index contributed by atoms with van der Waals surface area (Å²) in [5.74, 6) is 1.93. The first-order valence-electron chi connectivity index (χ1n) is 18.0. The van der Waals surface area contributed by atoms with Crippen molar-refractivity contribution in [1.29, 1.82) is 0 Å². The van der Waals surface area contributed by atoms with Crippen LogP contribution in [0.5, 0.6) is 0 Å². The lowest BCUT2D eigenvalue weighted by molar-refractivity contribution is 1.08. The molecule has 0 N–H and O–H groups in total. The highest BCUT2D eigenvalue weighted by Gasteiger charge is 2.18. The summed E-state index contributed by atoms with van der Waals surface area (Å²) < 4.78 is 2.36. The number of fused-ring (bicyclic) bond motifs is 10. The van der Waals surface area contributed by atoms with E-state index in [4.69, 9.17) is 15.0 Å². The Labute approximate surface area is 305 Å². The molecule has 0 aliphatic carbocycles. The number of rotatable bonds is 4. The second kappa shape index (κ2) is 11.7. The quantitative estimate of drug-likeness (QED) is 0.175. The SMILES string of the molecule is c1ccc(-c2nc(-c3ccc(-n4c5ccccc5c5c6ccccc6ccc54)cc3)nc(-c3cc4c5ccccc5ccc4c4ccccc34)n2)cc1. The fourth-order valence-electron chi connectivity index (χ4n) is 8.16. The van der Waals surface area contributed by atoms with Crippen LogP contribution in [0, 0.1) is 0 Å². The van der Waals surface area contributed by atoms with Crippen molar-refractivity contribution in [2.24, 2.45) is 0 Å². The number of benzene rings is 9. The normalized spacial score (nSPS) is 11.8. The summed E-state index contributed by atoms with van der Waals surface area (Å²) in [6.45, 7) is 0. The molecule has 0 atom stereocenters. The Hall–Kier alpha value is -7.17. The topological polar surface area (TPSA) is 43.6 Å². The van der Waals surface area contributed by atoms with E-state index in [-0.39, 0.29) is 0 Å². The van der Waals surface area contributed by atoms with Gasteiger partial charge in [-0.05, 0) is 85.6 Å². The molecule has 0 bridgehead atoms. The smallest absolute Gasteiger partial charge is 0.164 e. The Kier molecular flexibility index (Phi) is 6.52. The third kappa shape index (κ3) is 4.66. The maximum absolute atomic E-state index is 5.23. The van der Waals surface area contributed by atoms with E-state index in [2.05, 4.69) is 168 Å². The van der Waals surface area contributed by atoms with Crippen LogP contribution in [0.1, 0.15) is 0 Å². The van der Waals surface area contributed by atoms with Gasteiger partial charge < -0.3 is 4.57 Å². The Morgan fingerprint density at radius 2 is 0.868 bits per heavy atom. The minimum Gasteiger partial charge on any atom is -0.309 e. The molecular formula is C49H30N4. The standard InChI is InChI=1S/C49H30N4/c1-2-14-33(15-3-1)47-50-48(52-49(51-47)43-30-42-36-16-6-4-12-31(36)24-28-40(42)38-18-8-9-19-39(38)43)34-22-26-35(27-23-34)53-44-21-11-10-20-41(44)46-37-17-7-5-13-32(37)25-29-45(46)53/h1-30H.